The van der Waals surface area contributed by atoms with Gasteiger partial charge in [0.25, 0.3) is 0 Å². The van der Waals surface area contributed by atoms with Gasteiger partial charge in [0.1, 0.15) is 42.9 Å². The van der Waals surface area contributed by atoms with E-state index in [4.69, 9.17) is 15.2 Å². The zero-order chi connectivity index (χ0) is 21.0. The smallest absolute Gasteiger partial charge is 0.329 e. The number of amides is 3. The fourth-order valence-corrected chi connectivity index (χ4v) is 3.93. The van der Waals surface area contributed by atoms with E-state index in [1.54, 1.807) is 0 Å². The molecule has 0 radical (unpaired) electrons. The molecule has 29 heavy (non-hydrogen) atoms. The molecule has 0 spiro atoms. The lowest BCUT2D eigenvalue weighted by Gasteiger charge is -2.31. The number of aliphatic hydroxyl groups is 2. The highest BCUT2D eigenvalue weighted by Gasteiger charge is 2.51. The first kappa shape index (κ1) is 20.0. The molecule has 160 valence electrons. The van der Waals surface area contributed by atoms with Crippen LogP contribution < -0.4 is 11.1 Å². The number of fused-ring (bicyclic) bond motifs is 2. The van der Waals surface area contributed by atoms with Crippen molar-refractivity contribution in [3.8, 4) is 0 Å². The summed E-state index contributed by atoms with van der Waals surface area (Å²) in [5, 5.41) is 32.2. The molecule has 0 saturated carbocycles. The second-order valence-corrected chi connectivity index (χ2v) is 7.59. The third kappa shape index (κ3) is 3.34. The Kier molecular flexibility index (Phi) is 4.94. The standard InChI is InChI=1S/C16H22N4O9/c17-11(13(23)5-3-19-7(21)1-9(19)28-5)15(25)18-12(16(26)27)14(24)6-4-20-8(22)2-10(20)29-6/h5-6,9-14,23-24H,1-4,17H2,(H,18,25)(H,26,27)/t5-,6-,9?,10?,11?,12?,13?,14?/m1/s1. The summed E-state index contributed by atoms with van der Waals surface area (Å²) in [4.78, 5) is 49.6. The molecule has 4 heterocycles. The molecule has 6 unspecified atom stereocenters. The van der Waals surface area contributed by atoms with Gasteiger partial charge in [0.2, 0.25) is 17.7 Å². The number of ether oxygens (including phenoxy) is 2. The molecule has 0 aromatic rings. The van der Waals surface area contributed by atoms with Gasteiger partial charge in [0.05, 0.1) is 25.9 Å². The second-order valence-electron chi connectivity index (χ2n) is 7.59. The van der Waals surface area contributed by atoms with Crippen LogP contribution >= 0.6 is 0 Å². The van der Waals surface area contributed by atoms with Gasteiger partial charge in [-0.15, -0.1) is 0 Å². The van der Waals surface area contributed by atoms with E-state index in [1.165, 1.54) is 9.80 Å². The van der Waals surface area contributed by atoms with Crippen LogP contribution in [0.4, 0.5) is 0 Å². The van der Waals surface area contributed by atoms with Crippen LogP contribution in [-0.2, 0) is 28.7 Å². The third-order valence-electron chi connectivity index (χ3n) is 5.79. The second kappa shape index (κ2) is 7.18. The molecule has 4 saturated heterocycles. The van der Waals surface area contributed by atoms with Gasteiger partial charge in [-0.1, -0.05) is 0 Å². The fourth-order valence-electron chi connectivity index (χ4n) is 3.93. The van der Waals surface area contributed by atoms with E-state index in [1.807, 2.05) is 0 Å². The van der Waals surface area contributed by atoms with Crippen LogP contribution in [0.5, 0.6) is 0 Å². The molecule has 4 rings (SSSR count). The highest BCUT2D eigenvalue weighted by atomic mass is 16.5. The fraction of sp³-hybridized carbons (Fsp3) is 0.750. The number of hydrogen-bond donors (Lipinski definition) is 5. The van der Waals surface area contributed by atoms with Gasteiger partial charge in [-0.3, -0.25) is 14.4 Å². The Morgan fingerprint density at radius 1 is 1.00 bits per heavy atom. The molecular weight excluding hydrogens is 392 g/mol. The van der Waals surface area contributed by atoms with Crippen LogP contribution in [0, 0.1) is 0 Å². The summed E-state index contributed by atoms with van der Waals surface area (Å²) in [7, 11) is 0. The molecule has 4 fully saturated rings. The Balaban J connectivity index is 1.35. The Morgan fingerprint density at radius 3 is 1.90 bits per heavy atom. The number of carboxylic acids is 1. The third-order valence-corrected chi connectivity index (χ3v) is 5.79. The van der Waals surface area contributed by atoms with Crippen LogP contribution in [0.1, 0.15) is 12.8 Å². The molecular formula is C16H22N4O9. The van der Waals surface area contributed by atoms with Crippen molar-refractivity contribution in [1.29, 1.82) is 0 Å². The average molecular weight is 414 g/mol. The van der Waals surface area contributed by atoms with Gasteiger partial charge >= 0.3 is 5.97 Å². The number of carboxylic acid groups (broad SMARTS) is 1. The molecule has 0 aliphatic carbocycles. The first-order valence-corrected chi connectivity index (χ1v) is 9.22. The van der Waals surface area contributed by atoms with E-state index in [0.717, 1.165) is 0 Å². The Hall–Kier alpha value is -2.32. The number of nitrogens with one attached hydrogen (secondary N) is 1. The number of nitrogens with two attached hydrogens (primary N) is 1. The van der Waals surface area contributed by atoms with E-state index >= 15 is 0 Å². The van der Waals surface area contributed by atoms with Crippen molar-refractivity contribution in [1.82, 2.24) is 15.1 Å². The highest BCUT2D eigenvalue weighted by Crippen LogP contribution is 2.31. The van der Waals surface area contributed by atoms with Crippen LogP contribution in [0.2, 0.25) is 0 Å². The largest absolute Gasteiger partial charge is 0.480 e. The minimum Gasteiger partial charge on any atom is -0.480 e. The zero-order valence-corrected chi connectivity index (χ0v) is 15.2. The van der Waals surface area contributed by atoms with Crippen molar-refractivity contribution >= 4 is 23.7 Å². The van der Waals surface area contributed by atoms with Crippen LogP contribution in [0.3, 0.4) is 0 Å². The maximum Gasteiger partial charge on any atom is 0.329 e. The summed E-state index contributed by atoms with van der Waals surface area (Å²) in [6, 6.07) is -3.31. The van der Waals surface area contributed by atoms with Gasteiger partial charge in [-0.05, 0) is 0 Å². The number of β-lactam (4-membered cyclic amide) rings is 2. The summed E-state index contributed by atoms with van der Waals surface area (Å²) < 4.78 is 10.9. The zero-order valence-electron chi connectivity index (χ0n) is 15.2. The number of carbonyl (C=O) groups is 4. The van der Waals surface area contributed by atoms with Crippen LogP contribution in [0.15, 0.2) is 0 Å². The Morgan fingerprint density at radius 2 is 1.48 bits per heavy atom. The van der Waals surface area contributed by atoms with E-state index in [2.05, 4.69) is 5.32 Å². The number of rotatable bonds is 7. The van der Waals surface area contributed by atoms with E-state index in [0.29, 0.717) is 0 Å². The molecule has 4 aliphatic heterocycles. The molecule has 0 aromatic carbocycles. The molecule has 13 heteroatoms. The molecule has 0 bridgehead atoms. The monoisotopic (exact) mass is 414 g/mol. The SMILES string of the molecule is NC(C(=O)NC(C(=O)O)C(O)[C@H]1CN2C(=O)CC2O1)C(O)[C@H]1CN2C(=O)CC2O1. The predicted molar refractivity (Wildman–Crippen MR) is 89.5 cm³/mol. The van der Waals surface area contributed by atoms with Crippen molar-refractivity contribution in [2.45, 2.75) is 61.8 Å². The van der Waals surface area contributed by atoms with Gasteiger partial charge in [0, 0.05) is 0 Å². The van der Waals surface area contributed by atoms with Gasteiger partial charge in [0.15, 0.2) is 6.04 Å². The molecule has 3 amide bonds. The first-order chi connectivity index (χ1) is 13.7. The Bertz CT molecular complexity index is 748. The predicted octanol–water partition coefficient (Wildman–Crippen LogP) is -4.48. The minimum atomic E-state index is -1.76. The van der Waals surface area contributed by atoms with E-state index < -0.39 is 60.8 Å². The number of aliphatic carboxylic acids is 1. The van der Waals surface area contributed by atoms with Gasteiger partial charge in [-0.25, -0.2) is 4.79 Å². The van der Waals surface area contributed by atoms with Crippen molar-refractivity contribution < 1.29 is 44.0 Å². The summed E-state index contributed by atoms with van der Waals surface area (Å²) in [5.74, 6) is -2.82. The lowest BCUT2D eigenvalue weighted by Crippen LogP contribution is -2.60. The number of carbonyl (C=O) groups excluding carboxylic acids is 3. The van der Waals surface area contributed by atoms with Crippen molar-refractivity contribution in [2.75, 3.05) is 13.1 Å². The van der Waals surface area contributed by atoms with Crippen molar-refractivity contribution in [3.63, 3.8) is 0 Å². The molecule has 8 atom stereocenters. The number of aliphatic hydroxyl groups excluding tert-OH is 2. The lowest BCUT2D eigenvalue weighted by atomic mass is 10.0. The molecule has 0 aromatic heterocycles. The maximum absolute atomic E-state index is 12.4. The van der Waals surface area contributed by atoms with Crippen LogP contribution in [-0.4, -0.2) is 111 Å². The average Bonchev–Trinajstić information content (AvgIpc) is 3.20. The number of hydrogen-bond acceptors (Lipinski definition) is 9. The number of nitrogens with zero attached hydrogens (tertiary/aromatic N) is 2. The summed E-state index contributed by atoms with van der Waals surface area (Å²) in [6.45, 7) is 0.0952. The van der Waals surface area contributed by atoms with Crippen molar-refractivity contribution in [3.05, 3.63) is 0 Å². The normalized spacial score (nSPS) is 34.4. The highest BCUT2D eigenvalue weighted by molar-refractivity contribution is 5.88. The topological polar surface area (TPSA) is 192 Å². The quantitative estimate of drug-likeness (QED) is 0.254. The van der Waals surface area contributed by atoms with Gasteiger partial charge in [-0.2, -0.15) is 0 Å². The lowest BCUT2D eigenvalue weighted by molar-refractivity contribution is -0.161. The summed E-state index contributed by atoms with van der Waals surface area (Å²) in [6.07, 6.45) is -5.58. The minimum absolute atomic E-state index is 0.0140. The van der Waals surface area contributed by atoms with Gasteiger partial charge < -0.3 is 45.6 Å². The molecule has 13 nitrogen and oxygen atoms in total. The summed E-state index contributed by atoms with van der Waals surface area (Å²) >= 11 is 0. The molecule has 4 aliphatic rings. The first-order valence-electron chi connectivity index (χ1n) is 9.22. The Labute approximate surface area is 164 Å². The van der Waals surface area contributed by atoms with E-state index in [9.17, 15) is 34.5 Å². The maximum atomic E-state index is 12.4. The van der Waals surface area contributed by atoms with Crippen LogP contribution in [0.25, 0.3) is 0 Å². The van der Waals surface area contributed by atoms with Crippen molar-refractivity contribution in [2.24, 2.45) is 5.73 Å². The summed E-state index contributed by atoms with van der Waals surface area (Å²) in [5.41, 5.74) is 5.76. The van der Waals surface area contributed by atoms with E-state index in [-0.39, 0.29) is 37.7 Å². The molecule has 6 N–H and O–H groups in total.